The molecule has 1 heterocycles. The standard InChI is InChI=1S/C21H35N5O.HI/c1-4-26-14-10-17(11-15-26)8-12-24-21(23-3)25-13-9-18-6-5-7-19(16-18)20(27)22-2;/h5-7,16-17H,4,8-15H2,1-3H3,(H,22,27)(H2,23,24,25);1H. The van der Waals surface area contributed by atoms with Crippen LogP contribution in [0, 0.1) is 5.92 Å². The Balaban J connectivity index is 0.00000392. The van der Waals surface area contributed by atoms with E-state index in [-0.39, 0.29) is 29.9 Å². The van der Waals surface area contributed by atoms with E-state index >= 15 is 0 Å². The normalized spacial score (nSPS) is 15.6. The lowest BCUT2D eigenvalue weighted by molar-refractivity contribution is 0.0963. The second-order valence-corrected chi connectivity index (χ2v) is 7.12. The largest absolute Gasteiger partial charge is 0.356 e. The average Bonchev–Trinajstić information content (AvgIpc) is 2.72. The molecule has 1 aliphatic heterocycles. The maximum Gasteiger partial charge on any atom is 0.251 e. The van der Waals surface area contributed by atoms with E-state index in [1.807, 2.05) is 24.3 Å². The minimum absolute atomic E-state index is 0. The van der Waals surface area contributed by atoms with Crippen LogP contribution in [0.3, 0.4) is 0 Å². The average molecular weight is 501 g/mol. The molecule has 3 N–H and O–H groups in total. The summed E-state index contributed by atoms with van der Waals surface area (Å²) in [6.07, 6.45) is 4.67. The number of nitrogens with zero attached hydrogens (tertiary/aromatic N) is 2. The van der Waals surface area contributed by atoms with E-state index in [0.717, 1.165) is 37.0 Å². The number of likely N-dealkylation sites (tertiary alicyclic amines) is 1. The Morgan fingerprint density at radius 1 is 1.21 bits per heavy atom. The quantitative estimate of drug-likeness (QED) is 0.291. The molecule has 0 unspecified atom stereocenters. The number of benzene rings is 1. The summed E-state index contributed by atoms with van der Waals surface area (Å²) in [5, 5.41) is 9.45. The monoisotopic (exact) mass is 501 g/mol. The van der Waals surface area contributed by atoms with Gasteiger partial charge in [0.25, 0.3) is 5.91 Å². The Labute approximate surface area is 187 Å². The van der Waals surface area contributed by atoms with Gasteiger partial charge in [-0.2, -0.15) is 0 Å². The topological polar surface area (TPSA) is 68.8 Å². The second kappa shape index (κ2) is 13.8. The number of aliphatic imine (C=N–C) groups is 1. The van der Waals surface area contributed by atoms with Gasteiger partial charge in [0.2, 0.25) is 0 Å². The molecule has 1 saturated heterocycles. The van der Waals surface area contributed by atoms with Crippen LogP contribution in [-0.4, -0.2) is 63.6 Å². The van der Waals surface area contributed by atoms with Crippen molar-refractivity contribution in [2.75, 3.05) is 46.8 Å². The molecule has 6 nitrogen and oxygen atoms in total. The van der Waals surface area contributed by atoms with Crippen molar-refractivity contribution in [3.8, 4) is 0 Å². The van der Waals surface area contributed by atoms with E-state index in [4.69, 9.17) is 0 Å². The van der Waals surface area contributed by atoms with Crippen molar-refractivity contribution in [1.29, 1.82) is 0 Å². The number of piperidine rings is 1. The molecule has 0 atom stereocenters. The Bertz CT molecular complexity index is 615. The summed E-state index contributed by atoms with van der Waals surface area (Å²) in [7, 11) is 3.46. The minimum atomic E-state index is -0.0490. The highest BCUT2D eigenvalue weighted by Crippen LogP contribution is 2.19. The summed E-state index contributed by atoms with van der Waals surface area (Å²) < 4.78 is 0. The molecule has 0 aliphatic carbocycles. The van der Waals surface area contributed by atoms with Gasteiger partial charge in [-0.05, 0) is 68.9 Å². The van der Waals surface area contributed by atoms with Gasteiger partial charge < -0.3 is 20.9 Å². The van der Waals surface area contributed by atoms with Crippen molar-refractivity contribution in [1.82, 2.24) is 20.9 Å². The fraction of sp³-hybridized carbons (Fsp3) is 0.619. The molecule has 7 heteroatoms. The van der Waals surface area contributed by atoms with Crippen LogP contribution in [0.2, 0.25) is 0 Å². The Morgan fingerprint density at radius 3 is 2.57 bits per heavy atom. The summed E-state index contributed by atoms with van der Waals surface area (Å²) in [4.78, 5) is 18.6. The molecule has 1 amide bonds. The van der Waals surface area contributed by atoms with Gasteiger partial charge >= 0.3 is 0 Å². The zero-order chi connectivity index (χ0) is 19.5. The van der Waals surface area contributed by atoms with E-state index in [1.54, 1.807) is 14.1 Å². The molecule has 28 heavy (non-hydrogen) atoms. The van der Waals surface area contributed by atoms with Gasteiger partial charge in [-0.3, -0.25) is 9.79 Å². The summed E-state index contributed by atoms with van der Waals surface area (Å²) in [5.41, 5.74) is 1.84. The first kappa shape index (κ1) is 24.7. The lowest BCUT2D eigenvalue weighted by Crippen LogP contribution is -2.40. The lowest BCUT2D eigenvalue weighted by Gasteiger charge is -2.31. The maximum absolute atomic E-state index is 11.7. The molecule has 1 fully saturated rings. The number of amides is 1. The van der Waals surface area contributed by atoms with Gasteiger partial charge in [-0.15, -0.1) is 24.0 Å². The van der Waals surface area contributed by atoms with Gasteiger partial charge in [0.05, 0.1) is 0 Å². The molecular weight excluding hydrogens is 465 g/mol. The van der Waals surface area contributed by atoms with Gasteiger partial charge in [-0.1, -0.05) is 19.1 Å². The van der Waals surface area contributed by atoms with E-state index < -0.39 is 0 Å². The van der Waals surface area contributed by atoms with Crippen LogP contribution >= 0.6 is 24.0 Å². The molecule has 0 radical (unpaired) electrons. The lowest BCUT2D eigenvalue weighted by atomic mass is 9.93. The maximum atomic E-state index is 11.7. The van der Waals surface area contributed by atoms with Gasteiger partial charge in [0, 0.05) is 32.7 Å². The van der Waals surface area contributed by atoms with E-state index in [2.05, 4.69) is 32.8 Å². The number of guanidine groups is 1. The van der Waals surface area contributed by atoms with E-state index in [1.165, 1.54) is 38.9 Å². The third kappa shape index (κ3) is 8.34. The van der Waals surface area contributed by atoms with Crippen molar-refractivity contribution in [3.05, 3.63) is 35.4 Å². The Morgan fingerprint density at radius 2 is 1.93 bits per heavy atom. The highest BCUT2D eigenvalue weighted by molar-refractivity contribution is 14.0. The fourth-order valence-electron chi connectivity index (χ4n) is 3.54. The first-order valence-electron chi connectivity index (χ1n) is 10.1. The molecule has 1 aliphatic rings. The van der Waals surface area contributed by atoms with Gasteiger partial charge in [0.15, 0.2) is 5.96 Å². The molecule has 1 aromatic rings. The smallest absolute Gasteiger partial charge is 0.251 e. The number of carbonyl (C=O) groups is 1. The van der Waals surface area contributed by atoms with Crippen LogP contribution in [0.4, 0.5) is 0 Å². The van der Waals surface area contributed by atoms with Crippen molar-refractivity contribution in [2.45, 2.75) is 32.6 Å². The Kier molecular flexibility index (Phi) is 12.1. The van der Waals surface area contributed by atoms with Crippen LogP contribution in [-0.2, 0) is 6.42 Å². The highest BCUT2D eigenvalue weighted by atomic mass is 127. The highest BCUT2D eigenvalue weighted by Gasteiger charge is 2.17. The first-order valence-corrected chi connectivity index (χ1v) is 10.1. The fourth-order valence-corrected chi connectivity index (χ4v) is 3.54. The molecule has 0 bridgehead atoms. The van der Waals surface area contributed by atoms with Crippen molar-refractivity contribution in [3.63, 3.8) is 0 Å². The van der Waals surface area contributed by atoms with Crippen molar-refractivity contribution >= 4 is 35.8 Å². The predicted molar refractivity (Wildman–Crippen MR) is 128 cm³/mol. The SMILES string of the molecule is CCN1CCC(CCNC(=NC)NCCc2cccc(C(=O)NC)c2)CC1.I. The van der Waals surface area contributed by atoms with E-state index in [9.17, 15) is 4.79 Å². The predicted octanol–water partition coefficient (Wildman–Crippen LogP) is 2.49. The molecular formula is C21H36IN5O. The number of hydrogen-bond donors (Lipinski definition) is 3. The van der Waals surface area contributed by atoms with Crippen molar-refractivity contribution < 1.29 is 4.79 Å². The number of hydrogen-bond acceptors (Lipinski definition) is 3. The Hall–Kier alpha value is -1.35. The summed E-state index contributed by atoms with van der Waals surface area (Å²) >= 11 is 0. The molecule has 158 valence electrons. The number of carbonyl (C=O) groups excluding carboxylic acids is 1. The van der Waals surface area contributed by atoms with Crippen LogP contribution < -0.4 is 16.0 Å². The van der Waals surface area contributed by atoms with Crippen LogP contribution in [0.25, 0.3) is 0 Å². The molecule has 0 spiro atoms. The summed E-state index contributed by atoms with van der Waals surface area (Å²) in [6.45, 7) is 7.64. The summed E-state index contributed by atoms with van der Waals surface area (Å²) in [6, 6.07) is 7.75. The number of rotatable bonds is 8. The molecule has 0 aromatic heterocycles. The number of halogens is 1. The third-order valence-corrected chi connectivity index (χ3v) is 5.35. The molecule has 0 saturated carbocycles. The van der Waals surface area contributed by atoms with Crippen molar-refractivity contribution in [2.24, 2.45) is 10.9 Å². The van der Waals surface area contributed by atoms with Crippen LogP contribution in [0.1, 0.15) is 42.1 Å². The summed E-state index contributed by atoms with van der Waals surface area (Å²) in [5.74, 6) is 1.63. The first-order chi connectivity index (χ1) is 13.2. The molecule has 2 rings (SSSR count). The van der Waals surface area contributed by atoms with E-state index in [0.29, 0.717) is 5.56 Å². The molecule has 1 aromatic carbocycles. The van der Waals surface area contributed by atoms with Crippen LogP contribution in [0.15, 0.2) is 29.3 Å². The van der Waals surface area contributed by atoms with Gasteiger partial charge in [-0.25, -0.2) is 0 Å². The third-order valence-electron chi connectivity index (χ3n) is 5.35. The zero-order valence-corrected chi connectivity index (χ0v) is 19.8. The van der Waals surface area contributed by atoms with Gasteiger partial charge in [0.1, 0.15) is 0 Å². The number of nitrogens with one attached hydrogen (secondary N) is 3. The van der Waals surface area contributed by atoms with Crippen LogP contribution in [0.5, 0.6) is 0 Å². The minimum Gasteiger partial charge on any atom is -0.356 e. The zero-order valence-electron chi connectivity index (χ0n) is 17.5. The second-order valence-electron chi connectivity index (χ2n) is 7.12.